The number of hydrogen-bond donors (Lipinski definition) is 2. The Balaban J connectivity index is 1.45. The van der Waals surface area contributed by atoms with Crippen molar-refractivity contribution in [2.75, 3.05) is 12.4 Å². The fourth-order valence-corrected chi connectivity index (χ4v) is 5.42. The van der Waals surface area contributed by atoms with Crippen LogP contribution in [-0.4, -0.2) is 39.5 Å². The van der Waals surface area contributed by atoms with Gasteiger partial charge in [-0.3, -0.25) is 9.59 Å². The van der Waals surface area contributed by atoms with Crippen LogP contribution in [0.3, 0.4) is 0 Å². The Hall–Kier alpha value is -4.15. The SMILES string of the molecule is COC(=O)[C@@H](NS(=O)(=O)c1ccc(-c2ccc(NC(=O)c3cc4c(OC(C)C)cccc4o3)cc2)cc1)C(C)C. The molecule has 4 rings (SSSR count). The monoisotopic (exact) mass is 564 g/mol. The number of anilines is 1. The normalized spacial score (nSPS) is 12.5. The smallest absolute Gasteiger partial charge is 0.324 e. The number of fused-ring (bicyclic) bond motifs is 1. The first-order chi connectivity index (χ1) is 19.0. The van der Waals surface area contributed by atoms with Gasteiger partial charge in [0, 0.05) is 11.8 Å². The van der Waals surface area contributed by atoms with Crippen LogP contribution < -0.4 is 14.8 Å². The number of ether oxygens (including phenoxy) is 2. The summed E-state index contributed by atoms with van der Waals surface area (Å²) in [5, 5.41) is 3.55. The van der Waals surface area contributed by atoms with Crippen LogP contribution in [0.25, 0.3) is 22.1 Å². The van der Waals surface area contributed by atoms with E-state index >= 15 is 0 Å². The fraction of sp³-hybridized carbons (Fsp3) is 0.267. The van der Waals surface area contributed by atoms with Gasteiger partial charge in [-0.25, -0.2) is 8.42 Å². The zero-order chi connectivity index (χ0) is 29.0. The van der Waals surface area contributed by atoms with Crippen LogP contribution in [0.4, 0.5) is 5.69 Å². The zero-order valence-electron chi connectivity index (χ0n) is 22.9. The van der Waals surface area contributed by atoms with E-state index in [2.05, 4.69) is 10.0 Å². The van der Waals surface area contributed by atoms with Gasteiger partial charge in [0.1, 0.15) is 17.4 Å². The molecule has 1 aromatic heterocycles. The Kier molecular flexibility index (Phi) is 8.61. The van der Waals surface area contributed by atoms with Gasteiger partial charge in [0.2, 0.25) is 10.0 Å². The third kappa shape index (κ3) is 6.52. The van der Waals surface area contributed by atoms with E-state index in [-0.39, 0.29) is 22.7 Å². The molecule has 10 heteroatoms. The molecule has 4 aromatic rings. The average molecular weight is 565 g/mol. The number of carbonyl (C=O) groups excluding carboxylic acids is 2. The zero-order valence-corrected chi connectivity index (χ0v) is 23.7. The van der Waals surface area contributed by atoms with Gasteiger partial charge in [-0.05, 0) is 67.3 Å². The van der Waals surface area contributed by atoms with E-state index in [1.54, 1.807) is 50.2 Å². The Bertz CT molecular complexity index is 1610. The highest BCUT2D eigenvalue weighted by atomic mass is 32.2. The lowest BCUT2D eigenvalue weighted by molar-refractivity contribution is -0.143. The number of esters is 1. The third-order valence-corrected chi connectivity index (χ3v) is 7.61. The van der Waals surface area contributed by atoms with Crippen molar-refractivity contribution in [3.63, 3.8) is 0 Å². The molecular weight excluding hydrogens is 532 g/mol. The van der Waals surface area contributed by atoms with E-state index in [4.69, 9.17) is 13.9 Å². The van der Waals surface area contributed by atoms with Crippen LogP contribution in [0.15, 0.2) is 82.1 Å². The predicted octanol–water partition coefficient (Wildman–Crippen LogP) is 5.62. The maximum absolute atomic E-state index is 12.8. The van der Waals surface area contributed by atoms with E-state index < -0.39 is 27.9 Å². The molecule has 0 aliphatic carbocycles. The number of furan rings is 1. The first kappa shape index (κ1) is 28.8. The molecule has 0 aliphatic rings. The maximum Gasteiger partial charge on any atom is 0.324 e. The van der Waals surface area contributed by atoms with Gasteiger partial charge in [0.25, 0.3) is 5.91 Å². The van der Waals surface area contributed by atoms with Crippen molar-refractivity contribution in [2.24, 2.45) is 5.92 Å². The molecule has 210 valence electrons. The van der Waals surface area contributed by atoms with Crippen molar-refractivity contribution >= 4 is 38.6 Å². The minimum absolute atomic E-state index is 0.0163. The number of amides is 1. The number of carbonyl (C=O) groups is 2. The first-order valence-electron chi connectivity index (χ1n) is 12.8. The number of nitrogens with one attached hydrogen (secondary N) is 2. The highest BCUT2D eigenvalue weighted by Gasteiger charge is 2.29. The predicted molar refractivity (Wildman–Crippen MR) is 153 cm³/mol. The molecule has 1 atom stereocenters. The summed E-state index contributed by atoms with van der Waals surface area (Å²) in [6.45, 7) is 7.32. The molecule has 9 nitrogen and oxygen atoms in total. The lowest BCUT2D eigenvalue weighted by Gasteiger charge is -2.19. The molecule has 1 heterocycles. The molecule has 40 heavy (non-hydrogen) atoms. The number of benzene rings is 3. The standard InChI is InChI=1S/C30H32N2O7S/c1-18(2)28(30(34)37-5)32-40(35,36)23-15-11-21(12-16-23)20-9-13-22(14-10-20)31-29(33)27-17-24-25(38-19(3)4)7-6-8-26(24)39-27/h6-19,28,32H,1-5H3,(H,31,33)/t28-/m0/s1. The van der Waals surface area contributed by atoms with E-state index in [1.807, 2.05) is 38.1 Å². The molecule has 0 saturated heterocycles. The number of hydrogen-bond acceptors (Lipinski definition) is 7. The van der Waals surface area contributed by atoms with Crippen LogP contribution in [0, 0.1) is 5.92 Å². The molecule has 0 unspecified atom stereocenters. The topological polar surface area (TPSA) is 124 Å². The Morgan fingerprint density at radius 2 is 1.50 bits per heavy atom. The van der Waals surface area contributed by atoms with Crippen LogP contribution in [0.2, 0.25) is 0 Å². The van der Waals surface area contributed by atoms with Crippen molar-refractivity contribution in [3.05, 3.63) is 78.6 Å². The van der Waals surface area contributed by atoms with Crippen LogP contribution in [0.1, 0.15) is 38.2 Å². The molecule has 0 radical (unpaired) electrons. The lowest BCUT2D eigenvalue weighted by atomic mass is 10.1. The first-order valence-corrected chi connectivity index (χ1v) is 14.3. The molecule has 0 saturated carbocycles. The second kappa shape index (κ2) is 11.9. The number of methoxy groups -OCH3 is 1. The van der Waals surface area contributed by atoms with Crippen LogP contribution in [-0.2, 0) is 19.6 Å². The van der Waals surface area contributed by atoms with Gasteiger partial charge in [-0.15, -0.1) is 0 Å². The van der Waals surface area contributed by atoms with Crippen LogP contribution >= 0.6 is 0 Å². The second-order valence-electron chi connectivity index (χ2n) is 9.87. The molecule has 2 N–H and O–H groups in total. The highest BCUT2D eigenvalue weighted by Crippen LogP contribution is 2.30. The third-order valence-electron chi connectivity index (χ3n) is 6.15. The molecule has 0 aliphatic heterocycles. The highest BCUT2D eigenvalue weighted by molar-refractivity contribution is 7.89. The summed E-state index contributed by atoms with van der Waals surface area (Å²) in [5.74, 6) is -0.516. The molecule has 0 bridgehead atoms. The van der Waals surface area contributed by atoms with Gasteiger partial charge < -0.3 is 19.2 Å². The minimum atomic E-state index is -3.94. The van der Waals surface area contributed by atoms with E-state index in [9.17, 15) is 18.0 Å². The van der Waals surface area contributed by atoms with Crippen molar-refractivity contribution < 1.29 is 31.9 Å². The summed E-state index contributed by atoms with van der Waals surface area (Å²) in [5.41, 5.74) is 2.73. The quantitative estimate of drug-likeness (QED) is 0.240. The van der Waals surface area contributed by atoms with Gasteiger partial charge >= 0.3 is 5.97 Å². The molecule has 0 fully saturated rings. The summed E-state index contributed by atoms with van der Waals surface area (Å²) in [6, 6.07) is 19.5. The summed E-state index contributed by atoms with van der Waals surface area (Å²) >= 11 is 0. The summed E-state index contributed by atoms with van der Waals surface area (Å²) < 4.78 is 44.4. The Morgan fingerprint density at radius 3 is 2.08 bits per heavy atom. The van der Waals surface area contributed by atoms with Crippen molar-refractivity contribution in [3.8, 4) is 16.9 Å². The number of rotatable bonds is 10. The van der Waals surface area contributed by atoms with Crippen molar-refractivity contribution in [1.82, 2.24) is 4.72 Å². The van der Waals surface area contributed by atoms with E-state index in [0.29, 0.717) is 17.0 Å². The van der Waals surface area contributed by atoms with Gasteiger partial charge in [-0.1, -0.05) is 44.2 Å². The molecule has 3 aromatic carbocycles. The van der Waals surface area contributed by atoms with E-state index in [0.717, 1.165) is 16.5 Å². The van der Waals surface area contributed by atoms with Crippen LogP contribution in [0.5, 0.6) is 5.75 Å². The molecular formula is C30H32N2O7S. The Labute approximate surface area is 233 Å². The number of sulfonamides is 1. The van der Waals surface area contributed by atoms with Crippen molar-refractivity contribution in [2.45, 2.75) is 44.7 Å². The second-order valence-corrected chi connectivity index (χ2v) is 11.6. The van der Waals surface area contributed by atoms with E-state index in [1.165, 1.54) is 19.2 Å². The van der Waals surface area contributed by atoms with Gasteiger partial charge in [0.05, 0.1) is 23.5 Å². The molecule has 1 amide bonds. The fourth-order valence-electron chi connectivity index (χ4n) is 4.09. The Morgan fingerprint density at radius 1 is 0.875 bits per heavy atom. The maximum atomic E-state index is 12.8. The largest absolute Gasteiger partial charge is 0.490 e. The minimum Gasteiger partial charge on any atom is -0.490 e. The van der Waals surface area contributed by atoms with Crippen molar-refractivity contribution in [1.29, 1.82) is 0 Å². The van der Waals surface area contributed by atoms with Gasteiger partial charge in [0.15, 0.2) is 5.76 Å². The van der Waals surface area contributed by atoms with Gasteiger partial charge in [-0.2, -0.15) is 4.72 Å². The summed E-state index contributed by atoms with van der Waals surface area (Å²) in [6.07, 6.45) is -0.0163. The lowest BCUT2D eigenvalue weighted by Crippen LogP contribution is -2.44. The summed E-state index contributed by atoms with van der Waals surface area (Å²) in [7, 11) is -2.72. The summed E-state index contributed by atoms with van der Waals surface area (Å²) in [4.78, 5) is 24.9. The molecule has 0 spiro atoms. The average Bonchev–Trinajstić information content (AvgIpc) is 3.37.